The molecule has 1 aliphatic heterocycles. The molecule has 1 saturated heterocycles. The molecule has 0 radical (unpaired) electrons. The van der Waals surface area contributed by atoms with Crippen LogP contribution in [-0.4, -0.2) is 59.2 Å². The third-order valence-electron chi connectivity index (χ3n) is 6.17. The van der Waals surface area contributed by atoms with Crippen molar-refractivity contribution in [3.8, 4) is 6.07 Å². The number of nitriles is 1. The lowest BCUT2D eigenvalue weighted by atomic mass is 9.91. The van der Waals surface area contributed by atoms with Crippen molar-refractivity contribution in [3.63, 3.8) is 0 Å². The zero-order chi connectivity index (χ0) is 28.7. The van der Waals surface area contributed by atoms with Crippen molar-refractivity contribution in [1.82, 2.24) is 15.3 Å². The Hall–Kier alpha value is -3.49. The van der Waals surface area contributed by atoms with Crippen LogP contribution in [0, 0.1) is 16.7 Å². The number of allylic oxidation sites excluding steroid dienone is 4. The topological polar surface area (TPSA) is 144 Å². The highest BCUT2D eigenvalue weighted by atomic mass is 35.5. The van der Waals surface area contributed by atoms with E-state index in [0.29, 0.717) is 52.2 Å². The fourth-order valence-corrected chi connectivity index (χ4v) is 4.83. The summed E-state index contributed by atoms with van der Waals surface area (Å²) in [6.07, 6.45) is 6.41. The van der Waals surface area contributed by atoms with Crippen molar-refractivity contribution in [1.29, 1.82) is 10.7 Å². The van der Waals surface area contributed by atoms with Gasteiger partial charge in [0.1, 0.15) is 30.4 Å². The van der Waals surface area contributed by atoms with Gasteiger partial charge in [0, 0.05) is 60.6 Å². The Bertz CT molecular complexity index is 1330. The van der Waals surface area contributed by atoms with Crippen LogP contribution in [0.1, 0.15) is 36.6 Å². The molecule has 0 spiro atoms. The van der Waals surface area contributed by atoms with Gasteiger partial charge in [-0.1, -0.05) is 29.8 Å². The number of alkyl halides is 1. The number of aliphatic hydroxyl groups is 1. The summed E-state index contributed by atoms with van der Waals surface area (Å²) in [4.78, 5) is 10.3. The molecule has 0 unspecified atom stereocenters. The van der Waals surface area contributed by atoms with Gasteiger partial charge in [-0.25, -0.2) is 9.37 Å². The molecule has 0 aliphatic carbocycles. The molecule has 3 heterocycles. The number of rotatable bonds is 12. The highest BCUT2D eigenvalue weighted by molar-refractivity contribution is 6.35. The molecule has 5 N–H and O–H groups in total. The number of aliphatic hydroxyl groups excluding tert-OH is 1. The van der Waals surface area contributed by atoms with Crippen molar-refractivity contribution < 1.29 is 14.2 Å². The maximum Gasteiger partial charge on any atom is 0.147 e. The Morgan fingerprint density at radius 1 is 1.38 bits per heavy atom. The van der Waals surface area contributed by atoms with Gasteiger partial charge >= 0.3 is 0 Å². The first-order chi connectivity index (χ1) is 18.5. The first kappa shape index (κ1) is 30.1. The molecule has 1 atom stereocenters. The minimum Gasteiger partial charge on any atom is -0.487 e. The summed E-state index contributed by atoms with van der Waals surface area (Å²) in [5, 5.41) is 31.1. The lowest BCUT2D eigenvalue weighted by molar-refractivity contribution is 0.118. The number of nitrogens with one attached hydrogen (secondary N) is 2. The lowest BCUT2D eigenvalue weighted by Gasteiger charge is -2.49. The molecule has 0 saturated carbocycles. The number of aromatic nitrogens is 2. The molecule has 0 aromatic carbocycles. The molecule has 39 heavy (non-hydrogen) atoms. The Labute approximate surface area is 236 Å². The van der Waals surface area contributed by atoms with Gasteiger partial charge in [0.2, 0.25) is 0 Å². The van der Waals surface area contributed by atoms with Crippen LogP contribution in [0.5, 0.6) is 0 Å². The fourth-order valence-electron chi connectivity index (χ4n) is 4.16. The Balaban J connectivity index is 1.71. The number of hydrogen-bond donors (Lipinski definition) is 4. The van der Waals surface area contributed by atoms with E-state index in [1.54, 1.807) is 13.0 Å². The second-order valence-electron chi connectivity index (χ2n) is 9.29. The van der Waals surface area contributed by atoms with E-state index in [2.05, 4.69) is 27.9 Å². The van der Waals surface area contributed by atoms with Gasteiger partial charge in [-0.15, -0.1) is 0 Å². The van der Waals surface area contributed by atoms with E-state index < -0.39 is 12.8 Å². The molecule has 3 rings (SSSR count). The average molecular weight is 574 g/mol. The zero-order valence-corrected chi connectivity index (χ0v) is 23.2. The number of pyridine rings is 2. The number of anilines is 1. The van der Waals surface area contributed by atoms with Gasteiger partial charge in [0.15, 0.2) is 0 Å². The normalized spacial score (nSPS) is 15.8. The molecule has 12 heteroatoms. The van der Waals surface area contributed by atoms with Crippen molar-refractivity contribution in [2.24, 2.45) is 5.73 Å². The van der Waals surface area contributed by atoms with Crippen LogP contribution in [0.4, 0.5) is 10.2 Å². The minimum absolute atomic E-state index is 0.0264. The summed E-state index contributed by atoms with van der Waals surface area (Å²) < 4.78 is 19.4. The van der Waals surface area contributed by atoms with E-state index >= 15 is 0 Å². The molecule has 1 fully saturated rings. The average Bonchev–Trinajstić information content (AvgIpc) is 2.91. The summed E-state index contributed by atoms with van der Waals surface area (Å²) in [5.74, 6) is 0.490. The number of ether oxygens (including phenoxy) is 1. The number of β-amino-alcohol motifs (C(OH)–C–C–N with tert-alkyl or cyclic N) is 1. The van der Waals surface area contributed by atoms with E-state index in [9.17, 15) is 9.65 Å². The summed E-state index contributed by atoms with van der Waals surface area (Å²) in [6.45, 7) is 8.44. The SMILES string of the molecule is C=C(C(=N)c1cnc(N2CC(C)(NCCO)C2)c(C#N)c1)/C(N)=C\C=C(/CF)O[C@H](C)c1c(Cl)cncc1Cl. The predicted molar refractivity (Wildman–Crippen MR) is 151 cm³/mol. The third kappa shape index (κ3) is 7.13. The van der Waals surface area contributed by atoms with Gasteiger partial charge in [-0.2, -0.15) is 5.26 Å². The number of halogens is 3. The second-order valence-corrected chi connectivity index (χ2v) is 10.1. The molecular formula is C27H30Cl2FN7O2. The van der Waals surface area contributed by atoms with Crippen molar-refractivity contribution in [2.45, 2.75) is 25.5 Å². The second kappa shape index (κ2) is 13.0. The Morgan fingerprint density at radius 2 is 2.05 bits per heavy atom. The van der Waals surface area contributed by atoms with Crippen molar-refractivity contribution >= 4 is 34.7 Å². The van der Waals surface area contributed by atoms with Crippen molar-refractivity contribution in [2.75, 3.05) is 37.8 Å². The number of nitrogens with zero attached hydrogens (tertiary/aromatic N) is 4. The van der Waals surface area contributed by atoms with Crippen LogP contribution in [0.25, 0.3) is 0 Å². The molecule has 1 aliphatic rings. The van der Waals surface area contributed by atoms with E-state index in [-0.39, 0.29) is 34.9 Å². The smallest absolute Gasteiger partial charge is 0.147 e. The first-order valence-electron chi connectivity index (χ1n) is 12.0. The molecule has 0 bridgehead atoms. The molecule has 2 aromatic heterocycles. The van der Waals surface area contributed by atoms with Crippen molar-refractivity contribution in [3.05, 3.63) is 87.2 Å². The van der Waals surface area contributed by atoms with Gasteiger partial charge < -0.3 is 25.8 Å². The Kier molecular flexibility index (Phi) is 10.1. The molecule has 9 nitrogen and oxygen atoms in total. The predicted octanol–water partition coefficient (Wildman–Crippen LogP) is 4.21. The van der Waals surface area contributed by atoms with Crippen LogP contribution in [0.3, 0.4) is 0 Å². The van der Waals surface area contributed by atoms with Gasteiger partial charge in [0.25, 0.3) is 0 Å². The maximum atomic E-state index is 13.7. The molecule has 206 valence electrons. The first-order valence-corrected chi connectivity index (χ1v) is 12.8. The standard InChI is InChI=1S/C27H30Cl2FN7O2/c1-16(23(32)5-4-20(9-30)39-17(2)24-21(28)12-34-13-22(24)29)25(33)19-8-18(10-31)26(35-11-19)37-14-27(3,15-37)36-6-7-38/h4-5,8,11-13,17,33,36,38H,1,6-7,9,14-15,32H2,2-3H3/b20-4+,23-5+,33-25?/t17-/m1/s1. The summed E-state index contributed by atoms with van der Waals surface area (Å²) in [5.41, 5.74) is 7.34. The van der Waals surface area contributed by atoms with E-state index in [1.165, 1.54) is 30.7 Å². The highest BCUT2D eigenvalue weighted by Crippen LogP contribution is 2.33. The van der Waals surface area contributed by atoms with E-state index in [0.717, 1.165) is 0 Å². The lowest BCUT2D eigenvalue weighted by Crippen LogP contribution is -2.68. The third-order valence-corrected chi connectivity index (χ3v) is 6.78. The molecule has 0 amide bonds. The van der Waals surface area contributed by atoms with Crippen LogP contribution in [0.2, 0.25) is 10.0 Å². The maximum absolute atomic E-state index is 13.7. The zero-order valence-electron chi connectivity index (χ0n) is 21.6. The number of nitrogens with two attached hydrogens (primary N) is 1. The van der Waals surface area contributed by atoms with E-state index in [1.807, 2.05) is 11.8 Å². The largest absolute Gasteiger partial charge is 0.487 e. The van der Waals surface area contributed by atoms with Crippen LogP contribution >= 0.6 is 23.2 Å². The van der Waals surface area contributed by atoms with Gasteiger partial charge in [0.05, 0.1) is 33.5 Å². The highest BCUT2D eigenvalue weighted by Gasteiger charge is 2.39. The molecule has 2 aromatic rings. The minimum atomic E-state index is -0.916. The number of hydrogen-bond acceptors (Lipinski definition) is 9. The summed E-state index contributed by atoms with van der Waals surface area (Å²) in [6, 6.07) is 3.70. The summed E-state index contributed by atoms with van der Waals surface area (Å²) in [7, 11) is 0. The van der Waals surface area contributed by atoms with E-state index in [4.69, 9.17) is 44.2 Å². The van der Waals surface area contributed by atoms with Gasteiger partial charge in [-0.3, -0.25) is 10.4 Å². The van der Waals surface area contributed by atoms with Gasteiger partial charge in [-0.05, 0) is 32.1 Å². The van der Waals surface area contributed by atoms with Crippen LogP contribution in [-0.2, 0) is 4.74 Å². The Morgan fingerprint density at radius 3 is 2.64 bits per heavy atom. The summed E-state index contributed by atoms with van der Waals surface area (Å²) >= 11 is 12.3. The van der Waals surface area contributed by atoms with Crippen LogP contribution in [0.15, 0.2) is 60.4 Å². The fraction of sp³-hybridized carbons (Fsp3) is 0.333. The quantitative estimate of drug-likeness (QED) is 0.168. The van der Waals surface area contributed by atoms with Crippen LogP contribution < -0.4 is 16.0 Å². The monoisotopic (exact) mass is 573 g/mol. The molecular weight excluding hydrogens is 544 g/mol.